The number of carbonyl (C=O) groups excluding carboxylic acids is 1. The third kappa shape index (κ3) is 3.39. The SMILES string of the molecule is Cc1cc(C(=O)C(F)(F)Cl)cc(C(F)(F)F)c1. The molecule has 0 aromatic heterocycles. The van der Waals surface area contributed by atoms with Crippen LogP contribution in [-0.4, -0.2) is 11.2 Å². The molecule has 0 aliphatic heterocycles. The van der Waals surface area contributed by atoms with E-state index in [4.69, 9.17) is 0 Å². The molecule has 0 radical (unpaired) electrons. The molecule has 0 heterocycles. The van der Waals surface area contributed by atoms with E-state index in [1.807, 2.05) is 0 Å². The lowest BCUT2D eigenvalue weighted by Gasteiger charge is -2.11. The fraction of sp³-hybridized carbons (Fsp3) is 0.300. The number of halogens is 6. The van der Waals surface area contributed by atoms with Gasteiger partial charge < -0.3 is 0 Å². The van der Waals surface area contributed by atoms with Crippen molar-refractivity contribution < 1.29 is 26.7 Å². The lowest BCUT2D eigenvalue weighted by atomic mass is 10.0. The first-order valence-corrected chi connectivity index (χ1v) is 4.70. The maximum atomic E-state index is 12.5. The molecule has 1 aromatic carbocycles. The van der Waals surface area contributed by atoms with Crippen molar-refractivity contribution in [2.24, 2.45) is 0 Å². The van der Waals surface area contributed by atoms with E-state index < -0.39 is 28.5 Å². The van der Waals surface area contributed by atoms with E-state index >= 15 is 0 Å². The van der Waals surface area contributed by atoms with Gasteiger partial charge in [0.05, 0.1) is 5.56 Å². The van der Waals surface area contributed by atoms with Gasteiger partial charge in [-0.05, 0) is 42.3 Å². The van der Waals surface area contributed by atoms with E-state index in [1.165, 1.54) is 6.92 Å². The Kier molecular flexibility index (Phi) is 3.47. The van der Waals surface area contributed by atoms with Crippen LogP contribution in [0.5, 0.6) is 0 Å². The summed E-state index contributed by atoms with van der Waals surface area (Å²) in [6, 6.07) is 2.03. The summed E-state index contributed by atoms with van der Waals surface area (Å²) in [6.45, 7) is 1.26. The molecule has 0 atom stereocenters. The molecular weight excluding hydrogens is 267 g/mol. The number of aryl methyl sites for hydroxylation is 1. The highest BCUT2D eigenvalue weighted by molar-refractivity contribution is 6.35. The molecule has 94 valence electrons. The zero-order valence-corrected chi connectivity index (χ0v) is 9.16. The van der Waals surface area contributed by atoms with Crippen LogP contribution < -0.4 is 0 Å². The first kappa shape index (κ1) is 13.9. The Labute approximate surface area is 98.2 Å². The van der Waals surface area contributed by atoms with Gasteiger partial charge in [0.15, 0.2) is 0 Å². The summed E-state index contributed by atoms with van der Waals surface area (Å²) in [5.41, 5.74) is -1.89. The lowest BCUT2D eigenvalue weighted by molar-refractivity contribution is -0.137. The molecule has 0 bridgehead atoms. The van der Waals surface area contributed by atoms with Crippen molar-refractivity contribution in [2.75, 3.05) is 0 Å². The normalized spacial score (nSPS) is 12.6. The van der Waals surface area contributed by atoms with Gasteiger partial charge >= 0.3 is 11.6 Å². The summed E-state index contributed by atoms with van der Waals surface area (Å²) < 4.78 is 62.1. The van der Waals surface area contributed by atoms with Gasteiger partial charge in [0.25, 0.3) is 0 Å². The lowest BCUT2D eigenvalue weighted by Crippen LogP contribution is -2.22. The highest BCUT2D eigenvalue weighted by Gasteiger charge is 2.38. The molecule has 17 heavy (non-hydrogen) atoms. The van der Waals surface area contributed by atoms with Crippen LogP contribution >= 0.6 is 11.6 Å². The number of benzene rings is 1. The predicted octanol–water partition coefficient (Wildman–Crippen LogP) is 4.03. The Morgan fingerprint density at radius 2 is 1.65 bits per heavy atom. The topological polar surface area (TPSA) is 17.1 Å². The van der Waals surface area contributed by atoms with Gasteiger partial charge in [0, 0.05) is 5.56 Å². The summed E-state index contributed by atoms with van der Waals surface area (Å²) in [7, 11) is 0. The van der Waals surface area contributed by atoms with Crippen molar-refractivity contribution in [2.45, 2.75) is 18.5 Å². The van der Waals surface area contributed by atoms with E-state index in [1.54, 1.807) is 0 Å². The van der Waals surface area contributed by atoms with E-state index in [9.17, 15) is 26.7 Å². The Morgan fingerprint density at radius 1 is 1.12 bits per heavy atom. The van der Waals surface area contributed by atoms with Crippen molar-refractivity contribution in [1.29, 1.82) is 0 Å². The third-order valence-corrected chi connectivity index (χ3v) is 2.10. The molecule has 0 saturated heterocycles. The standard InChI is InChI=1S/C10H6ClF5O/c1-5-2-6(8(17)9(11,12)13)4-7(3-5)10(14,15)16/h2-4H,1H3. The number of carbonyl (C=O) groups is 1. The van der Waals surface area contributed by atoms with Gasteiger partial charge in [-0.3, -0.25) is 4.79 Å². The molecule has 7 heteroatoms. The van der Waals surface area contributed by atoms with Gasteiger partial charge in [0.1, 0.15) is 0 Å². The largest absolute Gasteiger partial charge is 0.416 e. The van der Waals surface area contributed by atoms with Crippen LogP contribution in [0.2, 0.25) is 0 Å². The first-order valence-electron chi connectivity index (χ1n) is 4.32. The Bertz CT molecular complexity index is 447. The van der Waals surface area contributed by atoms with Crippen molar-refractivity contribution in [3.05, 3.63) is 34.9 Å². The quantitative estimate of drug-likeness (QED) is 0.451. The van der Waals surface area contributed by atoms with E-state index in [2.05, 4.69) is 11.6 Å². The van der Waals surface area contributed by atoms with Crippen molar-refractivity contribution >= 4 is 17.4 Å². The molecule has 0 amide bonds. The maximum absolute atomic E-state index is 12.5. The molecule has 0 fully saturated rings. The molecule has 1 nitrogen and oxygen atoms in total. The molecule has 0 N–H and O–H groups in total. The van der Waals surface area contributed by atoms with E-state index in [0.29, 0.717) is 6.07 Å². The van der Waals surface area contributed by atoms with Crippen LogP contribution in [0.25, 0.3) is 0 Å². The Balaban J connectivity index is 3.29. The zero-order chi connectivity index (χ0) is 13.4. The van der Waals surface area contributed by atoms with Crippen LogP contribution in [0.3, 0.4) is 0 Å². The minimum atomic E-state index is -4.71. The molecular formula is C10H6ClF5O. The van der Waals surface area contributed by atoms with E-state index in [-0.39, 0.29) is 5.56 Å². The van der Waals surface area contributed by atoms with Crippen molar-refractivity contribution in [1.82, 2.24) is 0 Å². The summed E-state index contributed by atoms with van der Waals surface area (Å²) >= 11 is 4.47. The summed E-state index contributed by atoms with van der Waals surface area (Å²) in [4.78, 5) is 11.0. The fourth-order valence-corrected chi connectivity index (χ4v) is 1.35. The fourth-order valence-electron chi connectivity index (χ4n) is 1.24. The van der Waals surface area contributed by atoms with Crippen LogP contribution in [0.1, 0.15) is 21.5 Å². The van der Waals surface area contributed by atoms with Crippen LogP contribution in [0.15, 0.2) is 18.2 Å². The van der Waals surface area contributed by atoms with Crippen molar-refractivity contribution in [3.8, 4) is 0 Å². The van der Waals surface area contributed by atoms with Crippen LogP contribution in [0.4, 0.5) is 22.0 Å². The second-order valence-electron chi connectivity index (χ2n) is 3.41. The smallest absolute Gasteiger partial charge is 0.286 e. The van der Waals surface area contributed by atoms with Gasteiger partial charge in [-0.2, -0.15) is 22.0 Å². The van der Waals surface area contributed by atoms with Gasteiger partial charge in [-0.1, -0.05) is 0 Å². The molecule has 1 rings (SSSR count). The minimum Gasteiger partial charge on any atom is -0.286 e. The van der Waals surface area contributed by atoms with Gasteiger partial charge in [-0.25, -0.2) is 0 Å². The Hall–Kier alpha value is -1.17. The number of alkyl halides is 6. The monoisotopic (exact) mass is 272 g/mol. The third-order valence-electron chi connectivity index (χ3n) is 1.92. The second-order valence-corrected chi connectivity index (χ2v) is 3.89. The summed E-state index contributed by atoms with van der Waals surface area (Å²) in [6.07, 6.45) is -4.71. The number of ketones is 1. The molecule has 0 aliphatic rings. The highest BCUT2D eigenvalue weighted by Crippen LogP contribution is 2.32. The van der Waals surface area contributed by atoms with Gasteiger partial charge in [-0.15, -0.1) is 0 Å². The minimum absolute atomic E-state index is 0.0455. The first-order chi connectivity index (χ1) is 7.51. The zero-order valence-electron chi connectivity index (χ0n) is 8.41. The average Bonchev–Trinajstić information content (AvgIpc) is 2.12. The number of rotatable bonds is 2. The second kappa shape index (κ2) is 4.25. The van der Waals surface area contributed by atoms with Crippen LogP contribution in [-0.2, 0) is 6.18 Å². The van der Waals surface area contributed by atoms with Crippen molar-refractivity contribution in [3.63, 3.8) is 0 Å². The average molecular weight is 273 g/mol. The molecule has 0 spiro atoms. The number of hydrogen-bond acceptors (Lipinski definition) is 1. The molecule has 0 saturated carbocycles. The number of hydrogen-bond donors (Lipinski definition) is 0. The molecule has 1 aromatic rings. The highest BCUT2D eigenvalue weighted by atomic mass is 35.5. The van der Waals surface area contributed by atoms with E-state index in [0.717, 1.165) is 12.1 Å². The predicted molar refractivity (Wildman–Crippen MR) is 51.3 cm³/mol. The maximum Gasteiger partial charge on any atom is 0.416 e. The van der Waals surface area contributed by atoms with Crippen LogP contribution in [0, 0.1) is 6.92 Å². The number of Topliss-reactive ketones (excluding diaryl/α,β-unsaturated/α-hetero) is 1. The molecule has 0 unspecified atom stereocenters. The summed E-state index contributed by atoms with van der Waals surface area (Å²) in [5, 5.41) is -4.21. The molecule has 0 aliphatic carbocycles. The summed E-state index contributed by atoms with van der Waals surface area (Å²) in [5.74, 6) is -1.85. The van der Waals surface area contributed by atoms with Gasteiger partial charge in [0.2, 0.25) is 5.78 Å². The Morgan fingerprint density at radius 3 is 2.06 bits per heavy atom.